The molecule has 0 spiro atoms. The number of fused-ring (bicyclic) bond motifs is 3. The molecule has 0 aliphatic heterocycles. The predicted octanol–water partition coefficient (Wildman–Crippen LogP) is 6.70. The lowest BCUT2D eigenvalue weighted by Gasteiger charge is -2.17. The van der Waals surface area contributed by atoms with Crippen LogP contribution in [-0.4, -0.2) is 29.8 Å². The standard InChI is InChI=1S/C29H23Cl2NO6/c30-17-9-12-27(25(31)13-17)36-15-19-11-10-18(38-19)14-26(28(33)34)32-29(35)37-16-24-22-7-3-1-5-20(22)21-6-2-4-8-23(21)24/h1-13,24,26H,14-16H2,(H,32,35)(H,33,34). The minimum atomic E-state index is -1.24. The number of rotatable bonds is 9. The number of amides is 1. The second-order valence-corrected chi connectivity index (χ2v) is 9.64. The van der Waals surface area contributed by atoms with Crippen LogP contribution >= 0.6 is 23.2 Å². The van der Waals surface area contributed by atoms with Gasteiger partial charge in [-0.15, -0.1) is 0 Å². The van der Waals surface area contributed by atoms with Crippen molar-refractivity contribution in [3.05, 3.63) is 112 Å². The number of aliphatic carboxylic acids is 1. The monoisotopic (exact) mass is 551 g/mol. The van der Waals surface area contributed by atoms with Gasteiger partial charge in [0.25, 0.3) is 0 Å². The first-order valence-corrected chi connectivity index (χ1v) is 12.6. The van der Waals surface area contributed by atoms with Crippen molar-refractivity contribution in [1.82, 2.24) is 5.32 Å². The van der Waals surface area contributed by atoms with Gasteiger partial charge in [-0.1, -0.05) is 71.7 Å². The van der Waals surface area contributed by atoms with Gasteiger partial charge in [0.05, 0.1) is 5.02 Å². The Balaban J connectivity index is 1.18. The molecule has 7 nitrogen and oxygen atoms in total. The summed E-state index contributed by atoms with van der Waals surface area (Å²) < 4.78 is 16.8. The van der Waals surface area contributed by atoms with Crippen LogP contribution in [0.2, 0.25) is 10.0 Å². The topological polar surface area (TPSA) is 98.0 Å². The quantitative estimate of drug-likeness (QED) is 0.240. The Morgan fingerprint density at radius 1 is 0.921 bits per heavy atom. The number of halogens is 2. The summed E-state index contributed by atoms with van der Waals surface area (Å²) in [5, 5.41) is 13.0. The number of carbonyl (C=O) groups excluding carboxylic acids is 1. The smallest absolute Gasteiger partial charge is 0.407 e. The van der Waals surface area contributed by atoms with Gasteiger partial charge in [0.1, 0.15) is 36.5 Å². The molecule has 4 aromatic rings. The molecule has 194 valence electrons. The van der Waals surface area contributed by atoms with Gasteiger partial charge in [-0.25, -0.2) is 9.59 Å². The van der Waals surface area contributed by atoms with Crippen molar-refractivity contribution in [1.29, 1.82) is 0 Å². The summed E-state index contributed by atoms with van der Waals surface area (Å²) >= 11 is 12.0. The highest BCUT2D eigenvalue weighted by Crippen LogP contribution is 2.44. The maximum Gasteiger partial charge on any atom is 0.407 e. The lowest BCUT2D eigenvalue weighted by molar-refractivity contribution is -0.139. The number of carboxylic acid groups (broad SMARTS) is 1. The molecule has 1 atom stereocenters. The largest absolute Gasteiger partial charge is 0.484 e. The van der Waals surface area contributed by atoms with E-state index in [1.807, 2.05) is 48.5 Å². The van der Waals surface area contributed by atoms with Crippen molar-refractivity contribution in [3.63, 3.8) is 0 Å². The van der Waals surface area contributed by atoms with Crippen LogP contribution in [0, 0.1) is 0 Å². The van der Waals surface area contributed by atoms with Crippen molar-refractivity contribution in [2.75, 3.05) is 6.61 Å². The maximum atomic E-state index is 12.6. The lowest BCUT2D eigenvalue weighted by atomic mass is 9.98. The minimum Gasteiger partial charge on any atom is -0.484 e. The molecular weight excluding hydrogens is 529 g/mol. The fourth-order valence-electron chi connectivity index (χ4n) is 4.53. The number of hydrogen-bond donors (Lipinski definition) is 2. The Hall–Kier alpha value is -3.94. The van der Waals surface area contributed by atoms with Gasteiger partial charge in [-0.2, -0.15) is 0 Å². The molecule has 1 aliphatic carbocycles. The fraction of sp³-hybridized carbons (Fsp3) is 0.172. The maximum absolute atomic E-state index is 12.6. The van der Waals surface area contributed by atoms with Crippen LogP contribution in [0.4, 0.5) is 4.79 Å². The number of benzene rings is 3. The number of carboxylic acids is 1. The Morgan fingerprint density at radius 2 is 1.58 bits per heavy atom. The SMILES string of the molecule is O=C(NC(Cc1ccc(COc2ccc(Cl)cc2Cl)o1)C(=O)O)OCC1c2ccccc2-c2ccccc21. The van der Waals surface area contributed by atoms with E-state index in [1.165, 1.54) is 0 Å². The van der Waals surface area contributed by atoms with E-state index in [0.717, 1.165) is 22.3 Å². The number of nitrogens with one attached hydrogen (secondary N) is 1. The number of hydrogen-bond acceptors (Lipinski definition) is 5. The third-order valence-corrected chi connectivity index (χ3v) is 6.85. The zero-order valence-corrected chi connectivity index (χ0v) is 21.5. The van der Waals surface area contributed by atoms with Gasteiger partial charge >= 0.3 is 12.1 Å². The minimum absolute atomic E-state index is 0.0682. The van der Waals surface area contributed by atoms with Gasteiger partial charge in [0.2, 0.25) is 0 Å². The van der Waals surface area contributed by atoms with E-state index in [4.69, 9.17) is 37.1 Å². The predicted molar refractivity (Wildman–Crippen MR) is 143 cm³/mol. The van der Waals surface area contributed by atoms with E-state index in [-0.39, 0.29) is 25.6 Å². The van der Waals surface area contributed by atoms with Crippen LogP contribution in [0.1, 0.15) is 28.6 Å². The second-order valence-electron chi connectivity index (χ2n) is 8.80. The number of alkyl carbamates (subject to hydrolysis) is 1. The third kappa shape index (κ3) is 5.64. The zero-order valence-electron chi connectivity index (χ0n) is 20.0. The van der Waals surface area contributed by atoms with Crippen molar-refractivity contribution < 1.29 is 28.6 Å². The summed E-state index contributed by atoms with van der Waals surface area (Å²) in [7, 11) is 0. The second kappa shape index (κ2) is 11.2. The van der Waals surface area contributed by atoms with Crippen LogP contribution in [0.25, 0.3) is 11.1 Å². The van der Waals surface area contributed by atoms with Crippen LogP contribution < -0.4 is 10.1 Å². The molecule has 1 heterocycles. The van der Waals surface area contributed by atoms with Gasteiger partial charge in [0.15, 0.2) is 0 Å². The van der Waals surface area contributed by atoms with Gasteiger partial charge in [-0.3, -0.25) is 0 Å². The molecule has 5 rings (SSSR count). The number of furan rings is 1. The molecule has 0 saturated heterocycles. The Labute approximate surface area is 228 Å². The van der Waals surface area contributed by atoms with E-state index in [1.54, 1.807) is 30.3 Å². The molecule has 1 unspecified atom stereocenters. The lowest BCUT2D eigenvalue weighted by Crippen LogP contribution is -2.42. The summed E-state index contributed by atoms with van der Waals surface area (Å²) in [5.41, 5.74) is 4.36. The molecule has 1 amide bonds. The van der Waals surface area contributed by atoms with Crippen LogP contribution in [0.15, 0.2) is 83.3 Å². The summed E-state index contributed by atoms with van der Waals surface area (Å²) in [6, 6.07) is 22.9. The summed E-state index contributed by atoms with van der Waals surface area (Å²) in [6.07, 6.45) is -0.881. The molecule has 1 aromatic heterocycles. The molecule has 3 aromatic carbocycles. The molecular formula is C29H23Cl2NO6. The highest BCUT2D eigenvalue weighted by molar-refractivity contribution is 6.35. The van der Waals surface area contributed by atoms with Crippen molar-refractivity contribution in [3.8, 4) is 16.9 Å². The highest BCUT2D eigenvalue weighted by Gasteiger charge is 2.30. The van der Waals surface area contributed by atoms with Gasteiger partial charge < -0.3 is 24.3 Å². The molecule has 0 fully saturated rings. The molecule has 1 aliphatic rings. The fourth-order valence-corrected chi connectivity index (χ4v) is 5.00. The molecule has 0 saturated carbocycles. The van der Waals surface area contributed by atoms with E-state index >= 15 is 0 Å². The zero-order chi connectivity index (χ0) is 26.6. The average Bonchev–Trinajstić information content (AvgIpc) is 3.48. The number of ether oxygens (including phenoxy) is 2. The van der Waals surface area contributed by atoms with Crippen molar-refractivity contribution in [2.24, 2.45) is 0 Å². The van der Waals surface area contributed by atoms with Crippen molar-refractivity contribution in [2.45, 2.75) is 25.0 Å². The molecule has 0 radical (unpaired) electrons. The van der Waals surface area contributed by atoms with E-state index in [2.05, 4.69) is 5.32 Å². The summed E-state index contributed by atoms with van der Waals surface area (Å²) in [4.78, 5) is 24.4. The molecule has 38 heavy (non-hydrogen) atoms. The van der Waals surface area contributed by atoms with Crippen LogP contribution in [0.3, 0.4) is 0 Å². The average molecular weight is 552 g/mol. The molecule has 0 bridgehead atoms. The van der Waals surface area contributed by atoms with E-state index < -0.39 is 18.1 Å². The summed E-state index contributed by atoms with van der Waals surface area (Å²) in [5.74, 6) is -0.0540. The first-order chi connectivity index (χ1) is 18.4. The first-order valence-electron chi connectivity index (χ1n) is 11.9. The van der Waals surface area contributed by atoms with Crippen LogP contribution in [0.5, 0.6) is 5.75 Å². The Morgan fingerprint density at radius 3 is 2.24 bits per heavy atom. The third-order valence-electron chi connectivity index (χ3n) is 6.32. The van der Waals surface area contributed by atoms with Gasteiger partial charge in [0, 0.05) is 17.4 Å². The molecule has 2 N–H and O–H groups in total. The molecule has 9 heteroatoms. The van der Waals surface area contributed by atoms with Gasteiger partial charge in [-0.05, 0) is 52.6 Å². The first kappa shape index (κ1) is 25.7. The normalized spacial score (nSPS) is 12.9. The van der Waals surface area contributed by atoms with Crippen LogP contribution in [-0.2, 0) is 22.6 Å². The Bertz CT molecular complexity index is 1440. The van der Waals surface area contributed by atoms with E-state index in [0.29, 0.717) is 27.3 Å². The van der Waals surface area contributed by atoms with Crippen molar-refractivity contribution >= 4 is 35.3 Å². The number of carbonyl (C=O) groups is 2. The highest BCUT2D eigenvalue weighted by atomic mass is 35.5. The Kier molecular flexibility index (Phi) is 7.58. The van der Waals surface area contributed by atoms with E-state index in [9.17, 15) is 14.7 Å². The summed E-state index contributed by atoms with van der Waals surface area (Å²) in [6.45, 7) is 0.167.